The van der Waals surface area contributed by atoms with Gasteiger partial charge in [0.15, 0.2) is 6.23 Å². The fourth-order valence-corrected chi connectivity index (χ4v) is 1.84. The van der Waals surface area contributed by atoms with E-state index in [1.807, 2.05) is 0 Å². The Morgan fingerprint density at radius 1 is 1.53 bits per heavy atom. The summed E-state index contributed by atoms with van der Waals surface area (Å²) in [4.78, 5) is 15.1. The topological polar surface area (TPSA) is 111 Å². The highest BCUT2D eigenvalue weighted by Crippen LogP contribution is 2.28. The molecule has 0 amide bonds. The van der Waals surface area contributed by atoms with Gasteiger partial charge in [0.05, 0.1) is 11.1 Å². The molecule has 7 nitrogen and oxygen atoms in total. The maximum atomic E-state index is 11.6. The Bertz CT molecular complexity index is 492. The minimum absolute atomic E-state index is 0.0782. The number of nitrogen functional groups attached to an aromatic ring is 1. The van der Waals surface area contributed by atoms with E-state index in [9.17, 15) is 15.0 Å². The lowest BCUT2D eigenvalue weighted by Crippen LogP contribution is -2.35. The van der Waals surface area contributed by atoms with Crippen LogP contribution in [0.4, 0.5) is 5.82 Å². The van der Waals surface area contributed by atoms with Gasteiger partial charge in [-0.15, -0.1) is 0 Å². The first-order valence-corrected chi connectivity index (χ1v) is 5.35. The lowest BCUT2D eigenvalue weighted by molar-refractivity contribution is -0.0349. The number of anilines is 1. The Morgan fingerprint density at radius 3 is 2.71 bits per heavy atom. The molecule has 2 heterocycles. The summed E-state index contributed by atoms with van der Waals surface area (Å²) >= 11 is 5.74. The molecule has 1 aromatic heterocycles. The van der Waals surface area contributed by atoms with Crippen LogP contribution in [-0.4, -0.2) is 38.1 Å². The van der Waals surface area contributed by atoms with Crippen molar-refractivity contribution in [1.29, 1.82) is 0 Å². The van der Waals surface area contributed by atoms with E-state index in [1.54, 1.807) is 6.92 Å². The van der Waals surface area contributed by atoms with Crippen molar-refractivity contribution in [2.45, 2.75) is 31.5 Å². The van der Waals surface area contributed by atoms with Gasteiger partial charge in [-0.1, -0.05) is 11.6 Å². The molecule has 1 fully saturated rings. The molecule has 0 aliphatic carbocycles. The average Bonchev–Trinajstić information content (AvgIpc) is 2.51. The maximum Gasteiger partial charge on any atom is 0.351 e. The summed E-state index contributed by atoms with van der Waals surface area (Å²) in [5.41, 5.74) is 4.67. The van der Waals surface area contributed by atoms with Gasteiger partial charge in [0.1, 0.15) is 18.0 Å². The van der Waals surface area contributed by atoms with Crippen molar-refractivity contribution < 1.29 is 14.9 Å². The Morgan fingerprint density at radius 2 is 2.18 bits per heavy atom. The van der Waals surface area contributed by atoms with Crippen LogP contribution >= 0.6 is 11.6 Å². The molecule has 4 atom stereocenters. The number of halogens is 1. The van der Waals surface area contributed by atoms with Crippen molar-refractivity contribution in [2.24, 2.45) is 0 Å². The van der Waals surface area contributed by atoms with Gasteiger partial charge < -0.3 is 20.7 Å². The highest BCUT2D eigenvalue weighted by atomic mass is 35.5. The number of hydrogen-bond donors (Lipinski definition) is 3. The van der Waals surface area contributed by atoms with Crippen molar-refractivity contribution in [1.82, 2.24) is 9.55 Å². The summed E-state index contributed by atoms with van der Waals surface area (Å²) in [5.74, 6) is -0.0889. The molecule has 0 radical (unpaired) electrons. The van der Waals surface area contributed by atoms with Crippen LogP contribution in [0.2, 0.25) is 5.02 Å². The van der Waals surface area contributed by atoms with Crippen molar-refractivity contribution in [3.63, 3.8) is 0 Å². The van der Waals surface area contributed by atoms with Crippen molar-refractivity contribution in [2.75, 3.05) is 5.73 Å². The molecule has 17 heavy (non-hydrogen) atoms. The molecule has 94 valence electrons. The van der Waals surface area contributed by atoms with E-state index in [0.29, 0.717) is 0 Å². The Kier molecular flexibility index (Phi) is 3.09. The molecule has 4 N–H and O–H groups in total. The van der Waals surface area contributed by atoms with Crippen molar-refractivity contribution in [3.8, 4) is 0 Å². The number of rotatable bonds is 1. The van der Waals surface area contributed by atoms with Gasteiger partial charge in [-0.3, -0.25) is 4.57 Å². The zero-order valence-corrected chi connectivity index (χ0v) is 9.70. The third-order valence-corrected chi connectivity index (χ3v) is 2.98. The number of nitrogens with zero attached hydrogens (tertiary/aromatic N) is 2. The highest BCUT2D eigenvalue weighted by Gasteiger charge is 2.41. The number of aromatic nitrogens is 2. The van der Waals surface area contributed by atoms with Gasteiger partial charge in [0, 0.05) is 6.20 Å². The van der Waals surface area contributed by atoms with Gasteiger partial charge in [0.25, 0.3) is 0 Å². The fourth-order valence-electron chi connectivity index (χ4n) is 1.70. The van der Waals surface area contributed by atoms with E-state index in [0.717, 1.165) is 4.57 Å². The molecule has 1 aliphatic rings. The molecule has 0 bridgehead atoms. The normalized spacial score (nSPS) is 32.9. The maximum absolute atomic E-state index is 11.6. The molecule has 0 saturated carbocycles. The van der Waals surface area contributed by atoms with E-state index in [1.165, 1.54) is 6.20 Å². The summed E-state index contributed by atoms with van der Waals surface area (Å²) in [5, 5.41) is 19.4. The van der Waals surface area contributed by atoms with Crippen LogP contribution in [0.15, 0.2) is 11.0 Å². The molecule has 0 spiro atoms. The summed E-state index contributed by atoms with van der Waals surface area (Å²) in [6, 6.07) is 0. The molecule has 1 unspecified atom stereocenters. The van der Waals surface area contributed by atoms with Crippen LogP contribution in [0.3, 0.4) is 0 Å². The first-order chi connectivity index (χ1) is 7.91. The third-order valence-electron chi connectivity index (χ3n) is 2.69. The quantitative estimate of drug-likeness (QED) is 0.605. The van der Waals surface area contributed by atoms with E-state index in [-0.39, 0.29) is 10.8 Å². The van der Waals surface area contributed by atoms with Crippen molar-refractivity contribution in [3.05, 3.63) is 21.7 Å². The Hall–Kier alpha value is -1.15. The molecule has 1 aromatic rings. The van der Waals surface area contributed by atoms with Crippen LogP contribution in [0.25, 0.3) is 0 Å². The number of hydrogen-bond acceptors (Lipinski definition) is 6. The molecular formula is C9H12ClN3O4. The predicted octanol–water partition coefficient (Wildman–Crippen LogP) is -0.882. The summed E-state index contributed by atoms with van der Waals surface area (Å²) in [6.45, 7) is 1.59. The number of nitrogens with two attached hydrogens (primary N) is 1. The first-order valence-electron chi connectivity index (χ1n) is 4.97. The second-order valence-electron chi connectivity index (χ2n) is 3.88. The van der Waals surface area contributed by atoms with Crippen LogP contribution in [0.5, 0.6) is 0 Å². The molecule has 0 aromatic carbocycles. The zero-order valence-electron chi connectivity index (χ0n) is 8.95. The molecule has 8 heteroatoms. The second kappa shape index (κ2) is 4.26. The van der Waals surface area contributed by atoms with Gasteiger partial charge >= 0.3 is 5.69 Å². The number of ether oxygens (including phenoxy) is 1. The first kappa shape index (κ1) is 12.3. The predicted molar refractivity (Wildman–Crippen MR) is 59.5 cm³/mol. The van der Waals surface area contributed by atoms with Gasteiger partial charge in [0.2, 0.25) is 0 Å². The smallest absolute Gasteiger partial charge is 0.351 e. The summed E-state index contributed by atoms with van der Waals surface area (Å²) in [6.07, 6.45) is -2.66. The van der Waals surface area contributed by atoms with Crippen LogP contribution in [0, 0.1) is 0 Å². The van der Waals surface area contributed by atoms with Crippen molar-refractivity contribution >= 4 is 17.4 Å². The monoisotopic (exact) mass is 261 g/mol. The Labute approximate surface area is 101 Å². The largest absolute Gasteiger partial charge is 0.388 e. The van der Waals surface area contributed by atoms with E-state index in [4.69, 9.17) is 22.1 Å². The van der Waals surface area contributed by atoms with E-state index in [2.05, 4.69) is 4.98 Å². The average molecular weight is 262 g/mol. The zero-order chi connectivity index (χ0) is 12.7. The van der Waals surface area contributed by atoms with Gasteiger partial charge in [-0.2, -0.15) is 4.98 Å². The Balaban J connectivity index is 2.42. The molecule has 2 rings (SSSR count). The van der Waals surface area contributed by atoms with Gasteiger partial charge in [-0.05, 0) is 6.92 Å². The van der Waals surface area contributed by atoms with Crippen LogP contribution in [0.1, 0.15) is 13.2 Å². The molecule has 1 saturated heterocycles. The SMILES string of the molecule is C[C@H]1O[C@@H](n2cc(Cl)c(N)nc2=O)[C@@H](O)C1O. The lowest BCUT2D eigenvalue weighted by atomic mass is 10.1. The lowest BCUT2D eigenvalue weighted by Gasteiger charge is -2.17. The number of aliphatic hydroxyl groups is 2. The van der Waals surface area contributed by atoms with E-state index >= 15 is 0 Å². The highest BCUT2D eigenvalue weighted by molar-refractivity contribution is 6.32. The fraction of sp³-hybridized carbons (Fsp3) is 0.556. The minimum Gasteiger partial charge on any atom is -0.388 e. The standard InChI is InChI=1S/C9H12ClN3O4/c1-3-5(14)6(15)8(17-3)13-2-4(10)7(11)12-9(13)16/h2-3,5-6,8,14-15H,1H3,(H2,11,12,16)/t3-,5?,6+,8-/m1/s1. The molecular weight excluding hydrogens is 250 g/mol. The van der Waals surface area contributed by atoms with Crippen LogP contribution in [-0.2, 0) is 4.74 Å². The van der Waals surface area contributed by atoms with Crippen LogP contribution < -0.4 is 11.4 Å². The van der Waals surface area contributed by atoms with E-state index < -0.39 is 30.2 Å². The second-order valence-corrected chi connectivity index (χ2v) is 4.28. The number of aliphatic hydroxyl groups excluding tert-OH is 2. The minimum atomic E-state index is -1.22. The van der Waals surface area contributed by atoms with Gasteiger partial charge in [-0.25, -0.2) is 4.79 Å². The summed E-state index contributed by atoms with van der Waals surface area (Å²) in [7, 11) is 0. The summed E-state index contributed by atoms with van der Waals surface area (Å²) < 4.78 is 6.28. The third kappa shape index (κ3) is 2.02. The molecule has 1 aliphatic heterocycles.